The number of barbiturate groups is 1. The first-order valence-corrected chi connectivity index (χ1v) is 11.0. The number of amides is 5. The van der Waals surface area contributed by atoms with E-state index in [4.69, 9.17) is 14.0 Å². The number of imide groups is 2. The lowest BCUT2D eigenvalue weighted by atomic mass is 9.68. The van der Waals surface area contributed by atoms with E-state index in [0.717, 1.165) is 0 Å². The van der Waals surface area contributed by atoms with Gasteiger partial charge in [-0.2, -0.15) is 0 Å². The summed E-state index contributed by atoms with van der Waals surface area (Å²) >= 11 is 0. The van der Waals surface area contributed by atoms with Gasteiger partial charge in [0.15, 0.2) is 17.1 Å². The third-order valence-electron chi connectivity index (χ3n) is 6.71. The van der Waals surface area contributed by atoms with Gasteiger partial charge in [-0.3, -0.25) is 25.1 Å². The standard InChI is InChI=1S/C20H18FN5O7.CH5N.CH4/c1-8-6-26-11(7-32-8)20(16(27)22-18(29)23-17(20)28)5-9-4-10-14(12(21)13(9)26)33-24-15(10)25-2-3-31-19(25)30;1-2;/h4,8,11H,2-3,5-7H2,1H3,(H2,22,23,27,28,29);2H2,1H3;1H4/t8-,11?;;/m1../s1. The molecule has 3 fully saturated rings. The summed E-state index contributed by atoms with van der Waals surface area (Å²) in [7, 11) is 1.50. The molecule has 2 aromatic rings. The number of fused-ring (bicyclic) bond motifs is 5. The fourth-order valence-electron chi connectivity index (χ4n) is 5.20. The SMILES string of the molecule is C.CN.C[C@@H]1CN2c3c(cc4c(N5CCOC5=O)noc4c3F)CC3(C(=O)NC(=O)NC3=O)C2CO1. The highest BCUT2D eigenvalue weighted by molar-refractivity contribution is 6.20. The van der Waals surface area contributed by atoms with Crippen LogP contribution in [0.2, 0.25) is 0 Å². The van der Waals surface area contributed by atoms with Gasteiger partial charge in [-0.15, -0.1) is 0 Å². The van der Waals surface area contributed by atoms with Crippen LogP contribution in [0, 0.1) is 11.2 Å². The summed E-state index contributed by atoms with van der Waals surface area (Å²) in [4.78, 5) is 52.8. The highest BCUT2D eigenvalue weighted by Gasteiger charge is 2.61. The molecular weight excluding hydrogens is 479 g/mol. The summed E-state index contributed by atoms with van der Waals surface area (Å²) in [6.45, 7) is 2.36. The van der Waals surface area contributed by atoms with Crippen LogP contribution in [0.4, 0.5) is 25.5 Å². The summed E-state index contributed by atoms with van der Waals surface area (Å²) < 4.78 is 31.8. The molecule has 1 spiro atoms. The third kappa shape index (κ3) is 3.39. The van der Waals surface area contributed by atoms with Crippen LogP contribution in [0.3, 0.4) is 0 Å². The summed E-state index contributed by atoms with van der Waals surface area (Å²) in [5.41, 5.74) is 3.16. The Bertz CT molecular complexity index is 1240. The highest BCUT2D eigenvalue weighted by Crippen LogP contribution is 2.48. The van der Waals surface area contributed by atoms with Gasteiger partial charge in [0.05, 0.1) is 36.4 Å². The van der Waals surface area contributed by atoms with E-state index in [0.29, 0.717) is 5.56 Å². The molecule has 5 heterocycles. The zero-order valence-electron chi connectivity index (χ0n) is 18.9. The minimum atomic E-state index is -1.72. The quantitative estimate of drug-likeness (QED) is 0.467. The van der Waals surface area contributed by atoms with Crippen LogP contribution in [0.1, 0.15) is 19.9 Å². The lowest BCUT2D eigenvalue weighted by Crippen LogP contribution is -2.73. The predicted octanol–water partition coefficient (Wildman–Crippen LogP) is 0.637. The van der Waals surface area contributed by atoms with Crippen molar-refractivity contribution in [2.24, 2.45) is 11.1 Å². The van der Waals surface area contributed by atoms with Crippen molar-refractivity contribution >= 4 is 46.4 Å². The van der Waals surface area contributed by atoms with Crippen molar-refractivity contribution in [3.05, 3.63) is 17.4 Å². The molecule has 0 aliphatic carbocycles. The molecular formula is C22H27FN6O7. The number of carbonyl (C=O) groups excluding carboxylic acids is 4. The predicted molar refractivity (Wildman–Crippen MR) is 124 cm³/mol. The minimum absolute atomic E-state index is 0. The van der Waals surface area contributed by atoms with Gasteiger partial charge in [0.25, 0.3) is 0 Å². The summed E-state index contributed by atoms with van der Waals surface area (Å²) in [5, 5.41) is 8.44. The van der Waals surface area contributed by atoms with E-state index in [9.17, 15) is 19.2 Å². The minimum Gasteiger partial charge on any atom is -0.447 e. The number of ether oxygens (including phenoxy) is 2. The summed E-state index contributed by atoms with van der Waals surface area (Å²) in [5.74, 6) is -2.17. The van der Waals surface area contributed by atoms with Gasteiger partial charge in [-0.1, -0.05) is 12.6 Å². The maximum Gasteiger partial charge on any atom is 0.415 e. The number of nitrogens with two attached hydrogens (primary N) is 1. The van der Waals surface area contributed by atoms with E-state index in [1.54, 1.807) is 17.9 Å². The number of carbonyl (C=O) groups is 4. The zero-order chi connectivity index (χ0) is 25.1. The van der Waals surface area contributed by atoms with Crippen molar-refractivity contribution in [3.63, 3.8) is 0 Å². The Morgan fingerprint density at radius 2 is 1.89 bits per heavy atom. The molecule has 5 amide bonds. The molecule has 1 aromatic heterocycles. The summed E-state index contributed by atoms with van der Waals surface area (Å²) in [6.07, 6.45) is -1.12. The molecule has 1 unspecified atom stereocenters. The van der Waals surface area contributed by atoms with Crippen molar-refractivity contribution in [1.29, 1.82) is 0 Å². The number of benzene rings is 1. The van der Waals surface area contributed by atoms with E-state index >= 15 is 4.39 Å². The van der Waals surface area contributed by atoms with Crippen LogP contribution in [-0.2, 0) is 25.5 Å². The van der Waals surface area contributed by atoms with E-state index in [2.05, 4.69) is 21.5 Å². The second-order valence-electron chi connectivity index (χ2n) is 8.54. The molecule has 6 rings (SSSR count). The van der Waals surface area contributed by atoms with Crippen molar-refractivity contribution in [3.8, 4) is 0 Å². The van der Waals surface area contributed by atoms with Gasteiger partial charge in [-0.25, -0.2) is 14.0 Å². The lowest BCUT2D eigenvalue weighted by molar-refractivity contribution is -0.149. The van der Waals surface area contributed by atoms with Crippen LogP contribution in [0.15, 0.2) is 10.6 Å². The molecule has 13 nitrogen and oxygen atoms in total. The lowest BCUT2D eigenvalue weighted by Gasteiger charge is -2.52. The number of halogens is 1. The van der Waals surface area contributed by atoms with Gasteiger partial charge < -0.3 is 24.6 Å². The number of morpholine rings is 1. The van der Waals surface area contributed by atoms with E-state index in [-0.39, 0.29) is 68.7 Å². The first-order chi connectivity index (χ1) is 16.8. The largest absolute Gasteiger partial charge is 0.447 e. The number of aromatic nitrogens is 1. The molecule has 2 atom stereocenters. The van der Waals surface area contributed by atoms with E-state index in [1.165, 1.54) is 11.9 Å². The number of rotatable bonds is 1. The number of nitrogens with zero attached hydrogens (tertiary/aromatic N) is 3. The van der Waals surface area contributed by atoms with Crippen molar-refractivity contribution in [2.45, 2.75) is 32.9 Å². The maximum absolute atomic E-state index is 15.9. The molecule has 14 heteroatoms. The molecule has 4 aliphatic rings. The van der Waals surface area contributed by atoms with Gasteiger partial charge >= 0.3 is 12.1 Å². The van der Waals surface area contributed by atoms with Crippen LogP contribution in [0.25, 0.3) is 11.0 Å². The third-order valence-corrected chi connectivity index (χ3v) is 6.71. The number of urea groups is 1. The van der Waals surface area contributed by atoms with Crippen LogP contribution < -0.4 is 26.2 Å². The van der Waals surface area contributed by atoms with Gasteiger partial charge in [0.1, 0.15) is 6.61 Å². The van der Waals surface area contributed by atoms with Crippen molar-refractivity contribution in [1.82, 2.24) is 15.8 Å². The number of cyclic esters (lactones) is 1. The molecule has 4 N–H and O–H groups in total. The van der Waals surface area contributed by atoms with Gasteiger partial charge in [0.2, 0.25) is 17.4 Å². The molecule has 0 saturated carbocycles. The van der Waals surface area contributed by atoms with Gasteiger partial charge in [0, 0.05) is 13.0 Å². The van der Waals surface area contributed by atoms with Crippen molar-refractivity contribution in [2.75, 3.05) is 43.2 Å². The Kier molecular flexibility index (Phi) is 6.34. The first-order valence-electron chi connectivity index (χ1n) is 11.0. The second-order valence-corrected chi connectivity index (χ2v) is 8.54. The maximum atomic E-state index is 15.9. The fourth-order valence-corrected chi connectivity index (χ4v) is 5.20. The van der Waals surface area contributed by atoms with E-state index < -0.39 is 41.2 Å². The number of hydrogen-bond donors (Lipinski definition) is 3. The normalized spacial score (nSPS) is 24.2. The number of anilines is 2. The Morgan fingerprint density at radius 3 is 2.53 bits per heavy atom. The molecule has 0 radical (unpaired) electrons. The number of nitrogens with one attached hydrogen (secondary N) is 2. The Morgan fingerprint density at radius 1 is 1.19 bits per heavy atom. The van der Waals surface area contributed by atoms with E-state index in [1.807, 2.05) is 0 Å². The average Bonchev–Trinajstić information content (AvgIpc) is 3.44. The first kappa shape index (κ1) is 25.3. The summed E-state index contributed by atoms with van der Waals surface area (Å²) in [6, 6.07) is -0.189. The smallest absolute Gasteiger partial charge is 0.415 e. The van der Waals surface area contributed by atoms with Gasteiger partial charge in [-0.05, 0) is 25.6 Å². The second kappa shape index (κ2) is 9.02. The fraction of sp³-hybridized carbons (Fsp3) is 0.500. The monoisotopic (exact) mass is 506 g/mol. The molecule has 194 valence electrons. The molecule has 36 heavy (non-hydrogen) atoms. The zero-order valence-corrected chi connectivity index (χ0v) is 18.9. The molecule has 1 aromatic carbocycles. The molecule has 0 bridgehead atoms. The van der Waals surface area contributed by atoms with Crippen LogP contribution in [-0.4, -0.2) is 74.6 Å². The Balaban J connectivity index is 0.000000990. The Labute approximate surface area is 205 Å². The average molecular weight is 506 g/mol. The van der Waals surface area contributed by atoms with Crippen LogP contribution >= 0.6 is 0 Å². The topological polar surface area (TPSA) is 169 Å². The highest BCUT2D eigenvalue weighted by atomic mass is 19.1. The molecule has 4 aliphatic heterocycles. The van der Waals surface area contributed by atoms with Crippen LogP contribution in [0.5, 0.6) is 0 Å². The Hall–Kier alpha value is -3.78. The molecule has 3 saturated heterocycles. The van der Waals surface area contributed by atoms with Crippen molar-refractivity contribution < 1.29 is 37.6 Å². The number of hydrogen-bond acceptors (Lipinski definition) is 10.